The number of H-pyrrole nitrogens is 2. The lowest BCUT2D eigenvalue weighted by molar-refractivity contribution is 0.308. The molecule has 0 amide bonds. The van der Waals surface area contributed by atoms with Crippen LogP contribution in [0.1, 0.15) is 31.0 Å². The number of rotatable bonds is 7. The SMILES string of the molecule is CCCCOc1ccc(C=c2[nH]c(=O)c(=Cc3ccc(OC)cc3)[nH]c2=O)nc1. The fourth-order valence-corrected chi connectivity index (χ4v) is 2.61. The first-order valence-electron chi connectivity index (χ1n) is 9.38. The van der Waals surface area contributed by atoms with Crippen LogP contribution in [-0.4, -0.2) is 28.7 Å². The first-order valence-corrected chi connectivity index (χ1v) is 9.38. The zero-order chi connectivity index (χ0) is 20.6. The molecule has 0 aliphatic heterocycles. The molecular formula is C22H23N3O4. The number of hydrogen-bond donors (Lipinski definition) is 2. The molecular weight excluding hydrogens is 370 g/mol. The second-order valence-electron chi connectivity index (χ2n) is 6.42. The van der Waals surface area contributed by atoms with E-state index in [2.05, 4.69) is 21.9 Å². The van der Waals surface area contributed by atoms with Gasteiger partial charge < -0.3 is 19.4 Å². The van der Waals surface area contributed by atoms with Crippen molar-refractivity contribution in [2.75, 3.05) is 13.7 Å². The van der Waals surface area contributed by atoms with Gasteiger partial charge in [0, 0.05) is 0 Å². The summed E-state index contributed by atoms with van der Waals surface area (Å²) in [5.74, 6) is 1.38. The Morgan fingerprint density at radius 3 is 2.17 bits per heavy atom. The average molecular weight is 393 g/mol. The van der Waals surface area contributed by atoms with Crippen molar-refractivity contribution in [1.29, 1.82) is 0 Å². The lowest BCUT2D eigenvalue weighted by Gasteiger charge is -2.04. The molecule has 0 spiro atoms. The Morgan fingerprint density at radius 2 is 1.59 bits per heavy atom. The van der Waals surface area contributed by atoms with Gasteiger partial charge in [-0.15, -0.1) is 0 Å². The third-order valence-corrected chi connectivity index (χ3v) is 4.23. The van der Waals surface area contributed by atoms with E-state index in [1.54, 1.807) is 55.8 Å². The summed E-state index contributed by atoms with van der Waals surface area (Å²) >= 11 is 0. The standard InChI is InChI=1S/C22H23N3O4/c1-3-4-11-29-18-10-7-16(23-14-18)13-20-22(27)24-19(21(26)25-20)12-15-5-8-17(28-2)9-6-15/h5-10,12-14H,3-4,11H2,1-2H3,(H,24,27)(H,25,26). The van der Waals surface area contributed by atoms with Crippen LogP contribution in [0.5, 0.6) is 11.5 Å². The highest BCUT2D eigenvalue weighted by Gasteiger charge is 1.99. The van der Waals surface area contributed by atoms with E-state index in [4.69, 9.17) is 9.47 Å². The zero-order valence-electron chi connectivity index (χ0n) is 16.4. The van der Waals surface area contributed by atoms with Crippen LogP contribution in [0.4, 0.5) is 0 Å². The molecule has 2 N–H and O–H groups in total. The maximum absolute atomic E-state index is 12.4. The van der Waals surface area contributed by atoms with Gasteiger partial charge in [0.2, 0.25) is 0 Å². The van der Waals surface area contributed by atoms with Crippen LogP contribution >= 0.6 is 0 Å². The zero-order valence-corrected chi connectivity index (χ0v) is 16.4. The molecule has 0 bridgehead atoms. The fraction of sp³-hybridized carbons (Fsp3) is 0.227. The van der Waals surface area contributed by atoms with Gasteiger partial charge in [-0.2, -0.15) is 0 Å². The Hall–Kier alpha value is -3.61. The van der Waals surface area contributed by atoms with Crippen molar-refractivity contribution in [2.24, 2.45) is 0 Å². The first kappa shape index (κ1) is 20.1. The second kappa shape index (κ2) is 9.54. The number of benzene rings is 1. The topological polar surface area (TPSA) is 97.1 Å². The molecule has 0 unspecified atom stereocenters. The highest BCUT2D eigenvalue weighted by molar-refractivity contribution is 5.49. The van der Waals surface area contributed by atoms with E-state index < -0.39 is 11.1 Å². The molecule has 7 nitrogen and oxygen atoms in total. The number of unbranched alkanes of at least 4 members (excludes halogenated alkanes) is 1. The third kappa shape index (κ3) is 5.44. The quantitative estimate of drug-likeness (QED) is 0.590. The van der Waals surface area contributed by atoms with Gasteiger partial charge in [0.25, 0.3) is 11.1 Å². The van der Waals surface area contributed by atoms with Crippen molar-refractivity contribution in [2.45, 2.75) is 19.8 Å². The van der Waals surface area contributed by atoms with Crippen LogP contribution in [-0.2, 0) is 0 Å². The van der Waals surface area contributed by atoms with Crippen LogP contribution in [0.15, 0.2) is 52.2 Å². The highest BCUT2D eigenvalue weighted by Crippen LogP contribution is 2.11. The molecule has 7 heteroatoms. The predicted octanol–water partition coefficient (Wildman–Crippen LogP) is 1.30. The minimum atomic E-state index is -0.408. The molecule has 0 aliphatic rings. The number of nitrogens with zero attached hydrogens (tertiary/aromatic N) is 1. The maximum atomic E-state index is 12.4. The largest absolute Gasteiger partial charge is 0.497 e. The molecule has 0 fully saturated rings. The third-order valence-electron chi connectivity index (χ3n) is 4.23. The molecule has 0 atom stereocenters. The number of aromatic amines is 2. The molecule has 150 valence electrons. The predicted molar refractivity (Wildman–Crippen MR) is 112 cm³/mol. The Balaban J connectivity index is 1.87. The summed E-state index contributed by atoms with van der Waals surface area (Å²) in [6.45, 7) is 2.73. The van der Waals surface area contributed by atoms with Crippen molar-refractivity contribution in [3.05, 3.63) is 85.3 Å². The molecule has 3 rings (SSSR count). The van der Waals surface area contributed by atoms with Gasteiger partial charge in [-0.25, -0.2) is 0 Å². The van der Waals surface area contributed by atoms with Crippen molar-refractivity contribution in [3.63, 3.8) is 0 Å². The van der Waals surface area contributed by atoms with Crippen LogP contribution in [0.3, 0.4) is 0 Å². The van der Waals surface area contributed by atoms with Crippen LogP contribution in [0.2, 0.25) is 0 Å². The molecule has 0 aliphatic carbocycles. The average Bonchev–Trinajstić information content (AvgIpc) is 2.73. The smallest absolute Gasteiger partial charge is 0.272 e. The molecule has 2 aromatic heterocycles. The van der Waals surface area contributed by atoms with Crippen LogP contribution < -0.4 is 31.3 Å². The van der Waals surface area contributed by atoms with E-state index in [0.717, 1.165) is 18.4 Å². The summed E-state index contributed by atoms with van der Waals surface area (Å²) in [6, 6.07) is 10.7. The summed E-state index contributed by atoms with van der Waals surface area (Å²) in [6.07, 6.45) is 6.75. The van der Waals surface area contributed by atoms with E-state index in [-0.39, 0.29) is 10.7 Å². The van der Waals surface area contributed by atoms with Gasteiger partial charge >= 0.3 is 0 Å². The van der Waals surface area contributed by atoms with E-state index >= 15 is 0 Å². The van der Waals surface area contributed by atoms with E-state index in [9.17, 15) is 9.59 Å². The Bertz CT molecular complexity index is 1180. The number of hydrogen-bond acceptors (Lipinski definition) is 5. The highest BCUT2D eigenvalue weighted by atomic mass is 16.5. The van der Waals surface area contributed by atoms with Crippen LogP contribution in [0.25, 0.3) is 12.2 Å². The van der Waals surface area contributed by atoms with Crippen molar-refractivity contribution in [1.82, 2.24) is 15.0 Å². The van der Waals surface area contributed by atoms with E-state index in [0.29, 0.717) is 23.8 Å². The number of aromatic nitrogens is 3. The Morgan fingerprint density at radius 1 is 0.931 bits per heavy atom. The summed E-state index contributed by atoms with van der Waals surface area (Å²) in [4.78, 5) is 34.2. The van der Waals surface area contributed by atoms with Crippen LogP contribution in [0, 0.1) is 0 Å². The molecule has 2 heterocycles. The molecule has 0 saturated carbocycles. The monoisotopic (exact) mass is 393 g/mol. The number of ether oxygens (including phenoxy) is 2. The number of nitrogens with one attached hydrogen (secondary N) is 2. The van der Waals surface area contributed by atoms with Gasteiger partial charge in [0.15, 0.2) is 0 Å². The summed E-state index contributed by atoms with van der Waals surface area (Å²) in [5.41, 5.74) is 0.505. The minimum Gasteiger partial charge on any atom is -0.497 e. The second-order valence-corrected chi connectivity index (χ2v) is 6.42. The van der Waals surface area contributed by atoms with E-state index in [1.165, 1.54) is 6.08 Å². The molecule has 1 aromatic carbocycles. The molecule has 0 radical (unpaired) electrons. The van der Waals surface area contributed by atoms with Gasteiger partial charge in [-0.05, 0) is 48.4 Å². The summed E-state index contributed by atoms with van der Waals surface area (Å²) in [5, 5.41) is 0.305. The molecule has 3 aromatic rings. The van der Waals surface area contributed by atoms with Gasteiger partial charge in [0.05, 0.1) is 25.6 Å². The number of pyridine rings is 1. The van der Waals surface area contributed by atoms with Crippen molar-refractivity contribution >= 4 is 12.2 Å². The number of methoxy groups -OCH3 is 1. The Labute approximate surface area is 167 Å². The lowest BCUT2D eigenvalue weighted by Crippen LogP contribution is -2.46. The fourth-order valence-electron chi connectivity index (χ4n) is 2.61. The Kier molecular flexibility index (Phi) is 6.63. The van der Waals surface area contributed by atoms with Gasteiger partial charge in [0.1, 0.15) is 22.2 Å². The van der Waals surface area contributed by atoms with Crippen molar-refractivity contribution < 1.29 is 9.47 Å². The lowest BCUT2D eigenvalue weighted by atomic mass is 10.2. The normalized spacial score (nSPS) is 12.2. The summed E-state index contributed by atoms with van der Waals surface area (Å²) in [7, 11) is 1.58. The summed E-state index contributed by atoms with van der Waals surface area (Å²) < 4.78 is 10.7. The first-order chi connectivity index (χ1) is 14.1. The molecule has 29 heavy (non-hydrogen) atoms. The van der Waals surface area contributed by atoms with Crippen molar-refractivity contribution in [3.8, 4) is 11.5 Å². The van der Waals surface area contributed by atoms with Gasteiger partial charge in [-0.3, -0.25) is 14.6 Å². The maximum Gasteiger partial charge on any atom is 0.272 e. The van der Waals surface area contributed by atoms with Gasteiger partial charge in [-0.1, -0.05) is 25.5 Å². The van der Waals surface area contributed by atoms with E-state index in [1.807, 2.05) is 0 Å². The minimum absolute atomic E-state index is 0.133. The molecule has 0 saturated heterocycles.